The fourth-order valence-corrected chi connectivity index (χ4v) is 3.32. The molecule has 2 heterocycles. The number of ether oxygens (including phenoxy) is 2. The summed E-state index contributed by atoms with van der Waals surface area (Å²) in [7, 11) is 3.32. The van der Waals surface area contributed by atoms with Gasteiger partial charge in [0.05, 0.1) is 43.2 Å². The summed E-state index contributed by atoms with van der Waals surface area (Å²) < 4.78 is 10.7. The van der Waals surface area contributed by atoms with Crippen LogP contribution in [0.4, 0.5) is 5.69 Å². The smallest absolute Gasteiger partial charge is 0.146 e. The van der Waals surface area contributed by atoms with Crippen molar-refractivity contribution in [3.63, 3.8) is 0 Å². The predicted molar refractivity (Wildman–Crippen MR) is 122 cm³/mol. The Morgan fingerprint density at radius 3 is 2.33 bits per heavy atom. The van der Waals surface area contributed by atoms with Gasteiger partial charge in [0.25, 0.3) is 0 Å². The van der Waals surface area contributed by atoms with Gasteiger partial charge >= 0.3 is 0 Å². The molecule has 0 unspecified atom stereocenters. The number of aliphatic imine (C=N–C) groups is 1. The second-order valence-corrected chi connectivity index (χ2v) is 7.26. The molecule has 0 atom stereocenters. The van der Waals surface area contributed by atoms with Crippen LogP contribution in [0.25, 0.3) is 11.4 Å². The summed E-state index contributed by atoms with van der Waals surface area (Å²) in [5, 5.41) is 0.686. The van der Waals surface area contributed by atoms with Crippen molar-refractivity contribution in [3.8, 4) is 22.9 Å². The minimum absolute atomic E-state index is 0.686. The van der Waals surface area contributed by atoms with Gasteiger partial charge in [-0.1, -0.05) is 23.7 Å². The Kier molecular flexibility index (Phi) is 5.91. The van der Waals surface area contributed by atoms with Gasteiger partial charge in [0.1, 0.15) is 11.5 Å². The third-order valence-electron chi connectivity index (χ3n) is 4.79. The average Bonchev–Trinajstić information content (AvgIpc) is 3.40. The third kappa shape index (κ3) is 4.58. The highest BCUT2D eigenvalue weighted by atomic mass is 35.5. The Hall–Kier alpha value is -3.44. The first-order chi connectivity index (χ1) is 14.6. The Morgan fingerprint density at radius 2 is 1.63 bits per heavy atom. The summed E-state index contributed by atoms with van der Waals surface area (Å²) in [4.78, 5) is 11.3. The Bertz CT molecular complexity index is 1140. The largest absolute Gasteiger partial charge is 0.497 e. The zero-order valence-corrected chi connectivity index (χ0v) is 17.5. The highest BCUT2D eigenvalue weighted by molar-refractivity contribution is 6.30. The predicted octanol–water partition coefficient (Wildman–Crippen LogP) is 6.02. The molecule has 0 aliphatic heterocycles. The first-order valence-corrected chi connectivity index (χ1v) is 9.90. The maximum atomic E-state index is 5.93. The van der Waals surface area contributed by atoms with Crippen LogP contribution in [0.2, 0.25) is 5.02 Å². The first kappa shape index (κ1) is 19.9. The van der Waals surface area contributed by atoms with Crippen LogP contribution in [0, 0.1) is 0 Å². The van der Waals surface area contributed by atoms with E-state index in [0.717, 1.165) is 46.4 Å². The summed E-state index contributed by atoms with van der Waals surface area (Å²) in [5.41, 5.74) is 5.88. The van der Waals surface area contributed by atoms with E-state index in [1.54, 1.807) is 20.4 Å². The standard InChI is InChI=1S/C24H22ClN3O2/c1-29-20-10-3-16(4-11-20)13-19-9-12-21(27-19)22-14-24(30-2)23(28-22)15-26-18-7-5-17(25)6-8-18/h3-12,14-15,27-28H,13H2,1-2H3. The minimum Gasteiger partial charge on any atom is -0.497 e. The van der Waals surface area contributed by atoms with E-state index in [1.807, 2.05) is 42.5 Å². The van der Waals surface area contributed by atoms with Crippen molar-refractivity contribution in [3.05, 3.63) is 88.7 Å². The quantitative estimate of drug-likeness (QED) is 0.359. The topological polar surface area (TPSA) is 62.4 Å². The summed E-state index contributed by atoms with van der Waals surface area (Å²) in [6.45, 7) is 0. The van der Waals surface area contributed by atoms with Gasteiger partial charge in [-0.25, -0.2) is 0 Å². The van der Waals surface area contributed by atoms with Gasteiger partial charge in [-0.15, -0.1) is 0 Å². The number of hydrogen-bond donors (Lipinski definition) is 2. The van der Waals surface area contributed by atoms with Crippen LogP contribution in [0.1, 0.15) is 17.0 Å². The highest BCUT2D eigenvalue weighted by Crippen LogP contribution is 2.27. The number of aromatic nitrogens is 2. The molecule has 0 saturated carbocycles. The van der Waals surface area contributed by atoms with E-state index >= 15 is 0 Å². The molecule has 0 radical (unpaired) electrons. The van der Waals surface area contributed by atoms with Gasteiger partial charge in [-0.3, -0.25) is 4.99 Å². The number of benzene rings is 2. The molecule has 0 bridgehead atoms. The molecule has 4 rings (SSSR count). The molecule has 2 N–H and O–H groups in total. The molecule has 0 aliphatic rings. The van der Waals surface area contributed by atoms with Crippen molar-refractivity contribution in [2.24, 2.45) is 4.99 Å². The molecule has 0 spiro atoms. The molecule has 0 saturated heterocycles. The maximum absolute atomic E-state index is 5.93. The van der Waals surface area contributed by atoms with Crippen molar-refractivity contribution in [2.75, 3.05) is 14.2 Å². The fourth-order valence-electron chi connectivity index (χ4n) is 3.19. The number of H-pyrrole nitrogens is 2. The third-order valence-corrected chi connectivity index (χ3v) is 5.04. The van der Waals surface area contributed by atoms with Gasteiger partial charge < -0.3 is 19.4 Å². The lowest BCUT2D eigenvalue weighted by Gasteiger charge is -2.02. The number of nitrogens with one attached hydrogen (secondary N) is 2. The number of rotatable bonds is 7. The Balaban J connectivity index is 1.52. The van der Waals surface area contributed by atoms with Crippen LogP contribution in [0.3, 0.4) is 0 Å². The number of hydrogen-bond acceptors (Lipinski definition) is 3. The molecule has 0 amide bonds. The number of nitrogens with zero attached hydrogens (tertiary/aromatic N) is 1. The molecule has 5 nitrogen and oxygen atoms in total. The lowest BCUT2D eigenvalue weighted by molar-refractivity contribution is 0.414. The molecule has 0 fully saturated rings. The van der Waals surface area contributed by atoms with Gasteiger partial charge in [-0.05, 0) is 54.1 Å². The molecular formula is C24H22ClN3O2. The maximum Gasteiger partial charge on any atom is 0.146 e. The van der Waals surface area contributed by atoms with E-state index in [2.05, 4.69) is 39.2 Å². The summed E-state index contributed by atoms with van der Waals surface area (Å²) in [6.07, 6.45) is 2.57. The summed E-state index contributed by atoms with van der Waals surface area (Å²) in [5.74, 6) is 1.59. The number of aromatic amines is 2. The van der Waals surface area contributed by atoms with Crippen LogP contribution in [0.15, 0.2) is 71.7 Å². The molecule has 4 aromatic rings. The van der Waals surface area contributed by atoms with E-state index in [4.69, 9.17) is 21.1 Å². The molecule has 30 heavy (non-hydrogen) atoms. The van der Waals surface area contributed by atoms with Crippen molar-refractivity contribution in [1.29, 1.82) is 0 Å². The normalized spacial score (nSPS) is 11.2. The Morgan fingerprint density at radius 1 is 0.867 bits per heavy atom. The highest BCUT2D eigenvalue weighted by Gasteiger charge is 2.11. The van der Waals surface area contributed by atoms with E-state index in [0.29, 0.717) is 5.02 Å². The minimum atomic E-state index is 0.686. The van der Waals surface area contributed by atoms with Crippen LogP contribution in [0.5, 0.6) is 11.5 Å². The van der Waals surface area contributed by atoms with Crippen LogP contribution in [-0.2, 0) is 6.42 Å². The Labute approximate surface area is 180 Å². The lowest BCUT2D eigenvalue weighted by atomic mass is 10.1. The lowest BCUT2D eigenvalue weighted by Crippen LogP contribution is -1.90. The second-order valence-electron chi connectivity index (χ2n) is 6.82. The van der Waals surface area contributed by atoms with E-state index < -0.39 is 0 Å². The monoisotopic (exact) mass is 419 g/mol. The van der Waals surface area contributed by atoms with Crippen LogP contribution in [-0.4, -0.2) is 30.4 Å². The fraction of sp³-hybridized carbons (Fsp3) is 0.125. The van der Waals surface area contributed by atoms with Gasteiger partial charge in [0.15, 0.2) is 0 Å². The van der Waals surface area contributed by atoms with Gasteiger partial charge in [0.2, 0.25) is 0 Å². The van der Waals surface area contributed by atoms with Crippen molar-refractivity contribution >= 4 is 23.5 Å². The molecular weight excluding hydrogens is 398 g/mol. The summed E-state index contributed by atoms with van der Waals surface area (Å²) >= 11 is 5.93. The molecule has 2 aromatic carbocycles. The molecule has 2 aromatic heterocycles. The molecule has 152 valence electrons. The summed E-state index contributed by atoms with van der Waals surface area (Å²) in [6, 6.07) is 21.6. The first-order valence-electron chi connectivity index (χ1n) is 9.52. The number of halogens is 1. The van der Waals surface area contributed by atoms with E-state index in [-0.39, 0.29) is 0 Å². The van der Waals surface area contributed by atoms with Crippen LogP contribution >= 0.6 is 11.6 Å². The second kappa shape index (κ2) is 8.93. The van der Waals surface area contributed by atoms with Crippen molar-refractivity contribution in [1.82, 2.24) is 9.97 Å². The van der Waals surface area contributed by atoms with Crippen molar-refractivity contribution in [2.45, 2.75) is 6.42 Å². The zero-order chi connectivity index (χ0) is 20.9. The van der Waals surface area contributed by atoms with Crippen molar-refractivity contribution < 1.29 is 9.47 Å². The average molecular weight is 420 g/mol. The van der Waals surface area contributed by atoms with Gasteiger partial charge in [-0.2, -0.15) is 0 Å². The van der Waals surface area contributed by atoms with E-state index in [9.17, 15) is 0 Å². The SMILES string of the molecule is COc1ccc(Cc2ccc(-c3cc(OC)c(C=Nc4ccc(Cl)cc4)[nH]3)[nH]2)cc1. The van der Waals surface area contributed by atoms with E-state index in [1.165, 1.54) is 5.56 Å². The molecule has 0 aliphatic carbocycles. The van der Waals surface area contributed by atoms with Crippen LogP contribution < -0.4 is 9.47 Å². The number of methoxy groups -OCH3 is 2. The molecule has 6 heteroatoms. The van der Waals surface area contributed by atoms with Gasteiger partial charge in [0, 0.05) is 23.2 Å². The zero-order valence-electron chi connectivity index (χ0n) is 16.8.